The molecule has 1 aromatic rings. The van der Waals surface area contributed by atoms with Gasteiger partial charge in [0.2, 0.25) is 5.91 Å². The highest BCUT2D eigenvalue weighted by atomic mass is 16.3. The Kier molecular flexibility index (Phi) is 4.37. The first-order valence-corrected chi connectivity index (χ1v) is 5.80. The predicted octanol–water partition coefficient (Wildman–Crippen LogP) is 0.742. The number of carbonyl (C=O) groups excluding carboxylic acids is 2. The monoisotopic (exact) mass is 266 g/mol. The second-order valence-corrected chi connectivity index (χ2v) is 5.18. The first-order valence-electron chi connectivity index (χ1n) is 5.80. The van der Waals surface area contributed by atoms with Gasteiger partial charge in [0.05, 0.1) is 6.54 Å². The van der Waals surface area contributed by atoms with Gasteiger partial charge in [-0.25, -0.2) is 0 Å². The van der Waals surface area contributed by atoms with Crippen LogP contribution in [-0.4, -0.2) is 34.1 Å². The highest BCUT2D eigenvalue weighted by Crippen LogP contribution is 2.24. The minimum atomic E-state index is -0.501. The maximum Gasteiger partial charge on any atom is 0.251 e. The van der Waals surface area contributed by atoms with Crippen LogP contribution in [0.15, 0.2) is 18.2 Å². The molecule has 104 valence electrons. The fraction of sp³-hybridized carbons (Fsp3) is 0.385. The van der Waals surface area contributed by atoms with Gasteiger partial charge in [0.1, 0.15) is 0 Å². The number of aromatic hydroxyl groups is 2. The Morgan fingerprint density at radius 1 is 1.16 bits per heavy atom. The van der Waals surface area contributed by atoms with E-state index in [1.54, 1.807) is 0 Å². The summed E-state index contributed by atoms with van der Waals surface area (Å²) in [7, 11) is 0. The molecular weight excluding hydrogens is 248 g/mol. The summed E-state index contributed by atoms with van der Waals surface area (Å²) in [4.78, 5) is 23.2. The Morgan fingerprint density at radius 2 is 1.79 bits per heavy atom. The van der Waals surface area contributed by atoms with Crippen molar-refractivity contribution in [3.05, 3.63) is 23.8 Å². The summed E-state index contributed by atoms with van der Waals surface area (Å²) in [5, 5.41) is 23.5. The summed E-state index contributed by atoms with van der Waals surface area (Å²) in [6.45, 7) is 5.36. The molecule has 0 unspecified atom stereocenters. The lowest BCUT2D eigenvalue weighted by Gasteiger charge is -2.20. The van der Waals surface area contributed by atoms with Crippen LogP contribution in [0.5, 0.6) is 11.5 Å². The van der Waals surface area contributed by atoms with Crippen molar-refractivity contribution < 1.29 is 19.8 Å². The molecule has 0 atom stereocenters. The van der Waals surface area contributed by atoms with Crippen LogP contribution in [0.2, 0.25) is 0 Å². The largest absolute Gasteiger partial charge is 0.504 e. The Bertz CT molecular complexity index is 492. The van der Waals surface area contributed by atoms with Crippen molar-refractivity contribution in [3.63, 3.8) is 0 Å². The zero-order valence-electron chi connectivity index (χ0n) is 11.2. The quantitative estimate of drug-likeness (QED) is 0.606. The number of phenols is 2. The van der Waals surface area contributed by atoms with Crippen LogP contribution in [-0.2, 0) is 4.79 Å². The molecule has 6 nitrogen and oxygen atoms in total. The maximum absolute atomic E-state index is 11.7. The molecule has 1 aromatic carbocycles. The average molecular weight is 266 g/mol. The van der Waals surface area contributed by atoms with E-state index in [4.69, 9.17) is 5.11 Å². The standard InChI is InChI=1S/C13H18N2O4/c1-13(2,3)15-11(18)7-14-12(19)8-4-5-9(16)10(17)6-8/h4-6,16-17H,7H2,1-3H3,(H,14,19)(H,15,18). The van der Waals surface area contributed by atoms with Crippen molar-refractivity contribution in [1.82, 2.24) is 10.6 Å². The lowest BCUT2D eigenvalue weighted by atomic mass is 10.1. The number of phenolic OH excluding ortho intramolecular Hbond substituents is 2. The number of hydrogen-bond acceptors (Lipinski definition) is 4. The van der Waals surface area contributed by atoms with E-state index in [9.17, 15) is 14.7 Å². The first kappa shape index (κ1) is 14.8. The minimum absolute atomic E-state index is 0.155. The molecule has 0 saturated carbocycles. The lowest BCUT2D eigenvalue weighted by Crippen LogP contribution is -2.45. The molecule has 1 rings (SSSR count). The molecule has 0 fully saturated rings. The molecule has 4 N–H and O–H groups in total. The first-order chi connectivity index (χ1) is 8.69. The van der Waals surface area contributed by atoms with Crippen LogP contribution >= 0.6 is 0 Å². The molecule has 6 heteroatoms. The van der Waals surface area contributed by atoms with E-state index in [-0.39, 0.29) is 35.1 Å². The van der Waals surface area contributed by atoms with E-state index in [0.29, 0.717) is 0 Å². The van der Waals surface area contributed by atoms with E-state index in [1.165, 1.54) is 12.1 Å². The highest BCUT2D eigenvalue weighted by molar-refractivity contribution is 5.97. The molecule has 19 heavy (non-hydrogen) atoms. The minimum Gasteiger partial charge on any atom is -0.504 e. The van der Waals surface area contributed by atoms with Crippen molar-refractivity contribution in [3.8, 4) is 11.5 Å². The summed E-state index contributed by atoms with van der Waals surface area (Å²) in [6, 6.07) is 3.69. The van der Waals surface area contributed by atoms with Crippen molar-refractivity contribution in [1.29, 1.82) is 0 Å². The lowest BCUT2D eigenvalue weighted by molar-refractivity contribution is -0.121. The fourth-order valence-corrected chi connectivity index (χ4v) is 1.39. The summed E-state index contributed by atoms with van der Waals surface area (Å²) >= 11 is 0. The van der Waals surface area contributed by atoms with E-state index < -0.39 is 5.91 Å². The summed E-state index contributed by atoms with van der Waals surface area (Å²) in [6.07, 6.45) is 0. The number of rotatable bonds is 3. The van der Waals surface area contributed by atoms with E-state index in [2.05, 4.69) is 10.6 Å². The van der Waals surface area contributed by atoms with Crippen molar-refractivity contribution >= 4 is 11.8 Å². The average Bonchev–Trinajstić information content (AvgIpc) is 2.27. The number of nitrogens with one attached hydrogen (secondary N) is 2. The number of hydrogen-bond donors (Lipinski definition) is 4. The second-order valence-electron chi connectivity index (χ2n) is 5.18. The summed E-state index contributed by atoms with van der Waals surface area (Å²) in [5.41, 5.74) is -0.197. The van der Waals surface area contributed by atoms with Crippen LogP contribution in [0, 0.1) is 0 Å². The van der Waals surface area contributed by atoms with Gasteiger partial charge in [-0.05, 0) is 39.0 Å². The number of benzene rings is 1. The normalized spacial score (nSPS) is 10.9. The molecule has 0 spiro atoms. The van der Waals surface area contributed by atoms with Gasteiger partial charge in [-0.15, -0.1) is 0 Å². The molecule has 0 bridgehead atoms. The van der Waals surface area contributed by atoms with Gasteiger partial charge in [-0.2, -0.15) is 0 Å². The van der Waals surface area contributed by atoms with Gasteiger partial charge < -0.3 is 20.8 Å². The number of carbonyl (C=O) groups is 2. The van der Waals surface area contributed by atoms with Crippen molar-refractivity contribution in [2.45, 2.75) is 26.3 Å². The van der Waals surface area contributed by atoms with Crippen LogP contribution in [0.1, 0.15) is 31.1 Å². The molecule has 2 amide bonds. The molecule has 0 radical (unpaired) electrons. The van der Waals surface area contributed by atoms with Gasteiger partial charge in [-0.3, -0.25) is 9.59 Å². The zero-order valence-corrected chi connectivity index (χ0v) is 11.2. The van der Waals surface area contributed by atoms with Crippen molar-refractivity contribution in [2.75, 3.05) is 6.54 Å². The summed E-state index contributed by atoms with van der Waals surface area (Å²) in [5.74, 6) is -1.49. The predicted molar refractivity (Wildman–Crippen MR) is 70.0 cm³/mol. The van der Waals surface area contributed by atoms with Crippen LogP contribution in [0.25, 0.3) is 0 Å². The maximum atomic E-state index is 11.7. The van der Waals surface area contributed by atoms with Crippen LogP contribution in [0.4, 0.5) is 0 Å². The van der Waals surface area contributed by atoms with Gasteiger partial charge in [0.15, 0.2) is 11.5 Å². The fourth-order valence-electron chi connectivity index (χ4n) is 1.39. The van der Waals surface area contributed by atoms with E-state index in [0.717, 1.165) is 6.07 Å². The Labute approximate surface area is 111 Å². The van der Waals surface area contributed by atoms with Gasteiger partial charge in [0.25, 0.3) is 5.91 Å². The Hall–Kier alpha value is -2.24. The summed E-state index contributed by atoms with van der Waals surface area (Å²) < 4.78 is 0. The van der Waals surface area contributed by atoms with E-state index >= 15 is 0 Å². The van der Waals surface area contributed by atoms with Gasteiger partial charge in [0, 0.05) is 11.1 Å². The van der Waals surface area contributed by atoms with Gasteiger partial charge >= 0.3 is 0 Å². The third-order valence-electron chi connectivity index (χ3n) is 2.16. The molecule has 0 heterocycles. The highest BCUT2D eigenvalue weighted by Gasteiger charge is 2.15. The van der Waals surface area contributed by atoms with Crippen LogP contribution in [0.3, 0.4) is 0 Å². The van der Waals surface area contributed by atoms with Crippen molar-refractivity contribution in [2.24, 2.45) is 0 Å². The SMILES string of the molecule is CC(C)(C)NC(=O)CNC(=O)c1ccc(O)c(O)c1. The molecule has 0 saturated heterocycles. The third kappa shape index (κ3) is 4.87. The molecular formula is C13H18N2O4. The van der Waals surface area contributed by atoms with E-state index in [1.807, 2.05) is 20.8 Å². The molecule has 0 aliphatic heterocycles. The smallest absolute Gasteiger partial charge is 0.251 e. The topological polar surface area (TPSA) is 98.7 Å². The molecule has 0 aliphatic carbocycles. The second kappa shape index (κ2) is 5.60. The Morgan fingerprint density at radius 3 is 2.32 bits per heavy atom. The molecule has 0 aliphatic rings. The number of amides is 2. The Balaban J connectivity index is 2.56. The van der Waals surface area contributed by atoms with Gasteiger partial charge in [-0.1, -0.05) is 0 Å². The molecule has 0 aromatic heterocycles. The third-order valence-corrected chi connectivity index (χ3v) is 2.16. The zero-order chi connectivity index (χ0) is 14.6. The van der Waals surface area contributed by atoms with Crippen LogP contribution < -0.4 is 10.6 Å².